The highest BCUT2D eigenvalue weighted by atomic mass is 16.3. The average Bonchev–Trinajstić information content (AvgIpc) is 3.44. The number of aryl methyl sites for hydroxylation is 1. The molecule has 0 aliphatic heterocycles. The highest BCUT2D eigenvalue weighted by Crippen LogP contribution is 2.40. The lowest BCUT2D eigenvalue weighted by Crippen LogP contribution is -1.87. The molecule has 1 heterocycles. The predicted octanol–water partition coefficient (Wildman–Crippen LogP) is 6.71. The van der Waals surface area contributed by atoms with Gasteiger partial charge in [-0.2, -0.15) is 0 Å². The summed E-state index contributed by atoms with van der Waals surface area (Å²) in [5.74, 6) is 0.681. The molecule has 1 aliphatic rings. The smallest absolute Gasteiger partial charge is 0.227 e. The van der Waals surface area contributed by atoms with E-state index in [-0.39, 0.29) is 0 Å². The molecule has 0 spiro atoms. The first-order valence-corrected chi connectivity index (χ1v) is 9.15. The molecule has 127 valence electrons. The van der Waals surface area contributed by atoms with Crippen LogP contribution in [0.2, 0.25) is 0 Å². The van der Waals surface area contributed by atoms with Crippen molar-refractivity contribution in [3.63, 3.8) is 0 Å². The van der Waals surface area contributed by atoms with Crippen LogP contribution >= 0.6 is 0 Å². The van der Waals surface area contributed by atoms with Crippen molar-refractivity contribution in [3.8, 4) is 11.5 Å². The van der Waals surface area contributed by atoms with E-state index in [9.17, 15) is 0 Å². The van der Waals surface area contributed by atoms with Crippen LogP contribution in [0.3, 0.4) is 0 Å². The van der Waals surface area contributed by atoms with Crippen LogP contribution in [0.15, 0.2) is 77.2 Å². The van der Waals surface area contributed by atoms with Crippen molar-refractivity contribution >= 4 is 38.2 Å². The van der Waals surface area contributed by atoms with Gasteiger partial charge >= 0.3 is 0 Å². The number of benzene rings is 4. The van der Waals surface area contributed by atoms with Gasteiger partial charge in [0.25, 0.3) is 0 Å². The topological polar surface area (TPSA) is 26.0 Å². The monoisotopic (exact) mass is 346 g/mol. The summed E-state index contributed by atoms with van der Waals surface area (Å²) in [6.07, 6.45) is 4.27. The van der Waals surface area contributed by atoms with E-state index in [4.69, 9.17) is 9.40 Å². The van der Waals surface area contributed by atoms with Crippen molar-refractivity contribution in [2.45, 2.75) is 6.92 Å². The summed E-state index contributed by atoms with van der Waals surface area (Å²) in [4.78, 5) is 4.90. The molecule has 1 radical (unpaired) electrons. The van der Waals surface area contributed by atoms with Crippen LogP contribution in [0, 0.1) is 13.3 Å². The molecule has 0 atom stereocenters. The number of hydrogen-bond donors (Lipinski definition) is 0. The minimum Gasteiger partial charge on any atom is -0.436 e. The fraction of sp³-hybridized carbons (Fsp3) is 0.0400. The Morgan fingerprint density at radius 1 is 0.778 bits per heavy atom. The second-order valence-electron chi connectivity index (χ2n) is 7.19. The van der Waals surface area contributed by atoms with Gasteiger partial charge in [0.05, 0.1) is 0 Å². The Morgan fingerprint density at radius 3 is 2.48 bits per heavy atom. The Kier molecular flexibility index (Phi) is 2.90. The molecule has 27 heavy (non-hydrogen) atoms. The number of rotatable bonds is 2. The summed E-state index contributed by atoms with van der Waals surface area (Å²) in [7, 11) is 0. The number of hydrogen-bond acceptors (Lipinski definition) is 2. The molecule has 0 saturated heterocycles. The van der Waals surface area contributed by atoms with E-state index >= 15 is 0 Å². The third-order valence-electron chi connectivity index (χ3n) is 5.29. The molecule has 0 saturated carbocycles. The molecule has 2 nitrogen and oxygen atoms in total. The van der Waals surface area contributed by atoms with E-state index in [1.165, 1.54) is 32.9 Å². The van der Waals surface area contributed by atoms with Gasteiger partial charge in [-0.15, -0.1) is 0 Å². The largest absolute Gasteiger partial charge is 0.436 e. The summed E-state index contributed by atoms with van der Waals surface area (Å²) in [5, 5.41) is 4.75. The lowest BCUT2D eigenvalue weighted by molar-refractivity contribution is 0.620. The van der Waals surface area contributed by atoms with Crippen LogP contribution in [0.1, 0.15) is 11.1 Å². The molecule has 1 aliphatic carbocycles. The van der Waals surface area contributed by atoms with Gasteiger partial charge in [-0.25, -0.2) is 4.98 Å². The minimum atomic E-state index is 0.681. The van der Waals surface area contributed by atoms with Gasteiger partial charge in [-0.1, -0.05) is 60.2 Å². The van der Waals surface area contributed by atoms with Crippen molar-refractivity contribution in [1.82, 2.24) is 4.98 Å². The van der Waals surface area contributed by atoms with Gasteiger partial charge < -0.3 is 4.42 Å². The van der Waals surface area contributed by atoms with Crippen LogP contribution in [0.5, 0.6) is 0 Å². The maximum absolute atomic E-state index is 6.21. The van der Waals surface area contributed by atoms with Crippen molar-refractivity contribution < 1.29 is 4.42 Å². The number of oxazole rings is 1. The lowest BCUT2D eigenvalue weighted by atomic mass is 9.98. The molecule has 0 amide bonds. The molecule has 0 N–H and O–H groups in total. The Labute approximate surface area is 156 Å². The Bertz CT molecular complexity index is 1400. The zero-order chi connectivity index (χ0) is 18.0. The van der Waals surface area contributed by atoms with Gasteiger partial charge in [-0.05, 0) is 52.4 Å². The van der Waals surface area contributed by atoms with E-state index in [1.54, 1.807) is 0 Å². The van der Waals surface area contributed by atoms with E-state index < -0.39 is 0 Å². The third-order valence-corrected chi connectivity index (χ3v) is 5.29. The number of allylic oxidation sites excluding steroid dienone is 2. The first-order valence-electron chi connectivity index (χ1n) is 9.15. The molecular formula is C25H16NO. The second kappa shape index (κ2) is 5.31. The highest BCUT2D eigenvalue weighted by molar-refractivity contribution is 6.05. The first-order chi connectivity index (χ1) is 13.3. The summed E-state index contributed by atoms with van der Waals surface area (Å²) < 4.78 is 6.21. The van der Waals surface area contributed by atoms with Crippen molar-refractivity contribution in [2.24, 2.45) is 0 Å². The fourth-order valence-electron chi connectivity index (χ4n) is 3.83. The summed E-state index contributed by atoms with van der Waals surface area (Å²) >= 11 is 0. The zero-order valence-electron chi connectivity index (χ0n) is 14.9. The normalized spacial score (nSPS) is 13.4. The Balaban J connectivity index is 1.65. The summed E-state index contributed by atoms with van der Waals surface area (Å²) in [5.41, 5.74) is 6.48. The Morgan fingerprint density at radius 2 is 1.59 bits per heavy atom. The van der Waals surface area contributed by atoms with E-state index in [0.29, 0.717) is 5.89 Å². The zero-order valence-corrected chi connectivity index (χ0v) is 14.9. The number of aromatic nitrogens is 1. The standard InChI is InChI=1S/C25H16NO/c1-15-6-7-18-13-21(17-8-9-17)22(14-19(18)12-15)25-26-24-20-5-3-2-4-16(20)10-11-23(24)27-25/h2-14H,1H3. The number of nitrogens with zero attached hydrogens (tertiary/aromatic N) is 1. The minimum absolute atomic E-state index is 0.681. The maximum atomic E-state index is 6.21. The van der Waals surface area contributed by atoms with Gasteiger partial charge in [0.15, 0.2) is 5.58 Å². The maximum Gasteiger partial charge on any atom is 0.227 e. The quantitative estimate of drug-likeness (QED) is 0.355. The molecule has 5 aromatic rings. The molecule has 0 bridgehead atoms. The van der Waals surface area contributed by atoms with Gasteiger partial charge in [0.2, 0.25) is 5.89 Å². The summed E-state index contributed by atoms with van der Waals surface area (Å²) in [6.45, 7) is 2.12. The van der Waals surface area contributed by atoms with Crippen LogP contribution in [0.25, 0.3) is 49.7 Å². The van der Waals surface area contributed by atoms with Crippen molar-refractivity contribution in [2.75, 3.05) is 0 Å². The predicted molar refractivity (Wildman–Crippen MR) is 111 cm³/mol. The van der Waals surface area contributed by atoms with Crippen molar-refractivity contribution in [3.05, 3.63) is 90.4 Å². The fourth-order valence-corrected chi connectivity index (χ4v) is 3.83. The second-order valence-corrected chi connectivity index (χ2v) is 7.19. The van der Waals surface area contributed by atoms with E-state index in [0.717, 1.165) is 22.0 Å². The molecule has 1 aromatic heterocycles. The Hall–Kier alpha value is -3.39. The SMILES string of the molecule is Cc1ccc2cc(C3=C[CH]3)c(-c3nc4c(ccc5ccccc54)o3)cc2c1. The average molecular weight is 346 g/mol. The molecule has 6 rings (SSSR count). The van der Waals surface area contributed by atoms with E-state index in [2.05, 4.69) is 68.0 Å². The van der Waals surface area contributed by atoms with Crippen LogP contribution < -0.4 is 0 Å². The van der Waals surface area contributed by atoms with E-state index in [1.807, 2.05) is 18.2 Å². The van der Waals surface area contributed by atoms with Gasteiger partial charge in [-0.3, -0.25) is 0 Å². The van der Waals surface area contributed by atoms with Crippen molar-refractivity contribution in [1.29, 1.82) is 0 Å². The highest BCUT2D eigenvalue weighted by Gasteiger charge is 2.21. The lowest BCUT2D eigenvalue weighted by Gasteiger charge is -2.07. The molecule has 0 unspecified atom stereocenters. The van der Waals surface area contributed by atoms with Crippen LogP contribution in [-0.2, 0) is 0 Å². The molecule has 4 aromatic carbocycles. The summed E-state index contributed by atoms with van der Waals surface area (Å²) in [6, 6.07) is 23.4. The first kappa shape index (κ1) is 14.7. The third kappa shape index (κ3) is 2.30. The van der Waals surface area contributed by atoms with Gasteiger partial charge in [0, 0.05) is 17.4 Å². The van der Waals surface area contributed by atoms with Gasteiger partial charge in [0.1, 0.15) is 5.52 Å². The molecule has 0 fully saturated rings. The molecular weight excluding hydrogens is 330 g/mol. The van der Waals surface area contributed by atoms with Crippen LogP contribution in [0.4, 0.5) is 0 Å². The number of fused-ring (bicyclic) bond motifs is 4. The van der Waals surface area contributed by atoms with Crippen LogP contribution in [-0.4, -0.2) is 4.98 Å². The molecule has 2 heteroatoms.